The molecule has 0 aliphatic heterocycles. The van der Waals surface area contributed by atoms with E-state index < -0.39 is 10.0 Å². The Morgan fingerprint density at radius 2 is 1.74 bits per heavy atom. The minimum atomic E-state index is -3.76. The number of nitrogens with zero attached hydrogens (tertiary/aromatic N) is 3. The number of para-hydroxylation sites is 1. The van der Waals surface area contributed by atoms with Crippen LogP contribution < -0.4 is 4.72 Å². The lowest BCUT2D eigenvalue weighted by Gasteiger charge is -2.16. The zero-order valence-corrected chi connectivity index (χ0v) is 18.2. The number of hydrogen-bond donors (Lipinski definition) is 1. The highest BCUT2D eigenvalue weighted by Crippen LogP contribution is 2.12. The average Bonchev–Trinajstić information content (AvgIpc) is 3.22. The molecule has 9 heteroatoms. The summed E-state index contributed by atoms with van der Waals surface area (Å²) in [5.74, 6) is -0.332. The van der Waals surface area contributed by atoms with Gasteiger partial charge in [-0.3, -0.25) is 9.59 Å². The Hall–Kier alpha value is -3.30. The number of carbonyl (C=O) groups excluding carboxylic acids is 2. The molecule has 3 aromatic rings. The number of aromatic nitrogens is 2. The fraction of sp³-hybridized carbons (Fsp3) is 0.227. The second-order valence-electron chi connectivity index (χ2n) is 7.11. The summed E-state index contributed by atoms with van der Waals surface area (Å²) in [5.41, 5.74) is 2.23. The summed E-state index contributed by atoms with van der Waals surface area (Å²) >= 11 is 0. The Balaban J connectivity index is 1.51. The van der Waals surface area contributed by atoms with Gasteiger partial charge in [-0.15, -0.1) is 0 Å². The van der Waals surface area contributed by atoms with Gasteiger partial charge in [0.05, 0.1) is 16.8 Å². The molecular formula is C22H24N4O4S. The van der Waals surface area contributed by atoms with Crippen LogP contribution in [0.5, 0.6) is 0 Å². The molecule has 0 aliphatic rings. The van der Waals surface area contributed by atoms with E-state index in [-0.39, 0.29) is 29.6 Å². The van der Waals surface area contributed by atoms with E-state index in [0.29, 0.717) is 12.1 Å². The molecule has 0 saturated heterocycles. The molecule has 8 nitrogen and oxygen atoms in total. The molecule has 2 aromatic carbocycles. The van der Waals surface area contributed by atoms with Crippen molar-refractivity contribution < 1.29 is 18.0 Å². The molecule has 0 saturated carbocycles. The highest BCUT2D eigenvalue weighted by molar-refractivity contribution is 7.89. The summed E-state index contributed by atoms with van der Waals surface area (Å²) in [6, 6.07) is 15.3. The summed E-state index contributed by atoms with van der Waals surface area (Å²) in [7, 11) is -2.09. The lowest BCUT2D eigenvalue weighted by Crippen LogP contribution is -2.31. The van der Waals surface area contributed by atoms with Crippen molar-refractivity contribution in [2.24, 2.45) is 0 Å². The Bertz CT molecular complexity index is 1160. The van der Waals surface area contributed by atoms with Gasteiger partial charge in [-0.25, -0.2) is 17.8 Å². The van der Waals surface area contributed by atoms with Crippen molar-refractivity contribution in [3.05, 3.63) is 78.1 Å². The predicted molar refractivity (Wildman–Crippen MR) is 116 cm³/mol. The average molecular weight is 441 g/mol. The van der Waals surface area contributed by atoms with Gasteiger partial charge in [-0.1, -0.05) is 30.3 Å². The van der Waals surface area contributed by atoms with Crippen LogP contribution in [0.4, 0.5) is 0 Å². The summed E-state index contributed by atoms with van der Waals surface area (Å²) in [6.07, 6.45) is 3.57. The van der Waals surface area contributed by atoms with E-state index in [1.165, 1.54) is 36.1 Å². The summed E-state index contributed by atoms with van der Waals surface area (Å²) in [6.45, 7) is 1.75. The van der Waals surface area contributed by atoms with Crippen LogP contribution in [0.15, 0.2) is 71.9 Å². The molecule has 0 radical (unpaired) electrons. The lowest BCUT2D eigenvalue weighted by atomic mass is 10.2. The zero-order valence-electron chi connectivity index (χ0n) is 17.4. The van der Waals surface area contributed by atoms with E-state index in [0.717, 1.165) is 11.3 Å². The molecule has 31 heavy (non-hydrogen) atoms. The fourth-order valence-electron chi connectivity index (χ4n) is 2.96. The van der Waals surface area contributed by atoms with Gasteiger partial charge in [0.2, 0.25) is 15.9 Å². The van der Waals surface area contributed by atoms with Gasteiger partial charge >= 0.3 is 0 Å². The van der Waals surface area contributed by atoms with Gasteiger partial charge in [-0.2, -0.15) is 5.10 Å². The smallest absolute Gasteiger partial charge is 0.240 e. The molecular weight excluding hydrogens is 416 g/mol. The van der Waals surface area contributed by atoms with Crippen LogP contribution in [0.3, 0.4) is 0 Å². The normalized spacial score (nSPS) is 11.3. The molecule has 0 fully saturated rings. The number of rotatable bonds is 9. The first-order chi connectivity index (χ1) is 14.8. The van der Waals surface area contributed by atoms with Crippen molar-refractivity contribution in [1.82, 2.24) is 19.4 Å². The van der Waals surface area contributed by atoms with Crippen LogP contribution >= 0.6 is 0 Å². The summed E-state index contributed by atoms with van der Waals surface area (Å²) < 4.78 is 28.9. The van der Waals surface area contributed by atoms with E-state index >= 15 is 0 Å². The first-order valence-electron chi connectivity index (χ1n) is 9.70. The fourth-order valence-corrected chi connectivity index (χ4v) is 3.99. The Labute approximate surface area is 181 Å². The van der Waals surface area contributed by atoms with Gasteiger partial charge < -0.3 is 4.90 Å². The molecule has 3 rings (SSSR count). The van der Waals surface area contributed by atoms with Gasteiger partial charge in [0.15, 0.2) is 5.78 Å². The summed E-state index contributed by atoms with van der Waals surface area (Å²) in [5, 5.41) is 4.31. The van der Waals surface area contributed by atoms with Crippen molar-refractivity contribution >= 4 is 21.7 Å². The predicted octanol–water partition coefficient (Wildman–Crippen LogP) is 2.40. The molecule has 1 N–H and O–H groups in total. The van der Waals surface area contributed by atoms with Gasteiger partial charge in [-0.05, 0) is 31.2 Å². The van der Waals surface area contributed by atoms with Crippen molar-refractivity contribution in [2.75, 3.05) is 13.6 Å². The Kier molecular flexibility index (Phi) is 6.98. The maximum Gasteiger partial charge on any atom is 0.240 e. The van der Waals surface area contributed by atoms with Crippen LogP contribution in [-0.2, 0) is 21.4 Å². The minimum Gasteiger partial charge on any atom is -0.341 e. The molecule has 0 atom stereocenters. The van der Waals surface area contributed by atoms with Crippen LogP contribution in [0.25, 0.3) is 5.69 Å². The van der Waals surface area contributed by atoms with Crippen molar-refractivity contribution in [1.29, 1.82) is 0 Å². The first kappa shape index (κ1) is 22.4. The van der Waals surface area contributed by atoms with E-state index in [2.05, 4.69) is 9.82 Å². The minimum absolute atomic E-state index is 0.0219. The van der Waals surface area contributed by atoms with Gasteiger partial charge in [0.25, 0.3) is 0 Å². The molecule has 162 valence electrons. The second-order valence-corrected chi connectivity index (χ2v) is 8.87. The number of amides is 1. The van der Waals surface area contributed by atoms with Crippen LogP contribution in [0, 0.1) is 0 Å². The topological polar surface area (TPSA) is 101 Å². The third-order valence-electron chi connectivity index (χ3n) is 4.70. The highest BCUT2D eigenvalue weighted by Gasteiger charge is 2.16. The number of Topliss-reactive ketones (excluding diaryl/α,β-unsaturated/α-hetero) is 1. The van der Waals surface area contributed by atoms with Crippen LogP contribution in [0.2, 0.25) is 0 Å². The zero-order chi connectivity index (χ0) is 22.4. The van der Waals surface area contributed by atoms with E-state index in [4.69, 9.17) is 0 Å². The lowest BCUT2D eigenvalue weighted by molar-refractivity contribution is -0.130. The number of benzene rings is 2. The third-order valence-corrected chi connectivity index (χ3v) is 6.18. The quantitative estimate of drug-likeness (QED) is 0.515. The van der Waals surface area contributed by atoms with Gasteiger partial charge in [0.1, 0.15) is 0 Å². The van der Waals surface area contributed by atoms with Crippen LogP contribution in [-0.4, -0.2) is 48.4 Å². The number of hydrogen-bond acceptors (Lipinski definition) is 5. The number of sulfonamides is 1. The number of nitrogens with one attached hydrogen (secondary N) is 1. The molecule has 0 aliphatic carbocycles. The maximum atomic E-state index is 12.4. The van der Waals surface area contributed by atoms with Crippen molar-refractivity contribution in [3.63, 3.8) is 0 Å². The number of ketones is 1. The molecule has 1 heterocycles. The monoisotopic (exact) mass is 440 g/mol. The summed E-state index contributed by atoms with van der Waals surface area (Å²) in [4.78, 5) is 25.3. The SMILES string of the molecule is CC(=O)c1ccc(S(=O)(=O)NCCC(=O)N(C)Cc2cnn(-c3ccccc3)c2)cc1. The van der Waals surface area contributed by atoms with Gasteiger partial charge in [0, 0.05) is 43.9 Å². The first-order valence-corrected chi connectivity index (χ1v) is 11.2. The second kappa shape index (κ2) is 9.67. The Morgan fingerprint density at radius 3 is 2.39 bits per heavy atom. The molecule has 1 amide bonds. The maximum absolute atomic E-state index is 12.4. The molecule has 0 unspecified atom stereocenters. The molecule has 0 spiro atoms. The van der Waals surface area contributed by atoms with E-state index in [9.17, 15) is 18.0 Å². The Morgan fingerprint density at radius 1 is 1.06 bits per heavy atom. The molecule has 0 bridgehead atoms. The molecule has 1 aromatic heterocycles. The number of carbonyl (C=O) groups is 2. The van der Waals surface area contributed by atoms with E-state index in [1.807, 2.05) is 36.5 Å². The standard InChI is InChI=1S/C22H24N4O4S/c1-17(27)19-8-10-21(11-9-19)31(29,30)24-13-12-22(28)25(2)15-18-14-23-26(16-18)20-6-4-3-5-7-20/h3-11,14,16,24H,12-13,15H2,1-2H3. The third kappa shape index (κ3) is 5.87. The largest absolute Gasteiger partial charge is 0.341 e. The van der Waals surface area contributed by atoms with Crippen LogP contribution in [0.1, 0.15) is 29.3 Å². The van der Waals surface area contributed by atoms with Crippen molar-refractivity contribution in [2.45, 2.75) is 24.8 Å². The van der Waals surface area contributed by atoms with Crippen molar-refractivity contribution in [3.8, 4) is 5.69 Å². The highest BCUT2D eigenvalue weighted by atomic mass is 32.2. The van der Waals surface area contributed by atoms with E-state index in [1.54, 1.807) is 17.9 Å².